The number of hydrogen-bond donors (Lipinski definition) is 1. The van der Waals surface area contributed by atoms with Crippen LogP contribution in [0.25, 0.3) is 0 Å². The van der Waals surface area contributed by atoms with Crippen LogP contribution in [-0.2, 0) is 4.79 Å². The van der Waals surface area contributed by atoms with Crippen molar-refractivity contribution in [2.75, 3.05) is 13.1 Å². The molecule has 4 atom stereocenters. The van der Waals surface area contributed by atoms with Gasteiger partial charge in [0.2, 0.25) is 5.91 Å². The first-order chi connectivity index (χ1) is 9.33. The van der Waals surface area contributed by atoms with Gasteiger partial charge in [-0.05, 0) is 49.4 Å². The lowest BCUT2D eigenvalue weighted by molar-refractivity contribution is -0.128. The zero-order valence-electron chi connectivity index (χ0n) is 13.5. The van der Waals surface area contributed by atoms with Gasteiger partial charge < -0.3 is 10.2 Å². The number of nitrogens with one attached hydrogen (secondary N) is 1. The Morgan fingerprint density at radius 2 is 2.15 bits per heavy atom. The maximum Gasteiger partial charge on any atom is 0.222 e. The molecule has 0 aromatic carbocycles. The third kappa shape index (κ3) is 2.18. The summed E-state index contributed by atoms with van der Waals surface area (Å²) < 4.78 is 0. The van der Waals surface area contributed by atoms with Gasteiger partial charge in [0.15, 0.2) is 0 Å². The molecule has 1 saturated heterocycles. The molecule has 114 valence electrons. The second-order valence-corrected chi connectivity index (χ2v) is 8.36. The molecule has 1 amide bonds. The van der Waals surface area contributed by atoms with Crippen molar-refractivity contribution in [2.45, 2.75) is 71.9 Å². The molecule has 3 fully saturated rings. The number of carbonyl (C=O) groups excluding carboxylic acids is 1. The molecule has 0 radical (unpaired) electrons. The average molecular weight is 278 g/mol. The molecule has 1 aliphatic heterocycles. The summed E-state index contributed by atoms with van der Waals surface area (Å²) in [5.74, 6) is 1.22. The van der Waals surface area contributed by atoms with Crippen LogP contribution in [0.15, 0.2) is 0 Å². The Balaban J connectivity index is 1.63. The number of amides is 1. The summed E-state index contributed by atoms with van der Waals surface area (Å²) in [5.41, 5.74) is 0.869. The molecular formula is C17H30N2O. The first-order valence-corrected chi connectivity index (χ1v) is 8.37. The molecule has 0 aromatic heterocycles. The zero-order valence-corrected chi connectivity index (χ0v) is 13.5. The summed E-state index contributed by atoms with van der Waals surface area (Å²) in [6.07, 6.45) is 5.95. The van der Waals surface area contributed by atoms with Gasteiger partial charge in [-0.1, -0.05) is 20.8 Å². The Labute approximate surface area is 123 Å². The van der Waals surface area contributed by atoms with E-state index >= 15 is 0 Å². The van der Waals surface area contributed by atoms with Gasteiger partial charge in [0, 0.05) is 31.6 Å². The average Bonchev–Trinajstić information content (AvgIpc) is 2.98. The molecular weight excluding hydrogens is 248 g/mol. The quantitative estimate of drug-likeness (QED) is 0.857. The van der Waals surface area contributed by atoms with E-state index in [-0.39, 0.29) is 0 Å². The van der Waals surface area contributed by atoms with Gasteiger partial charge in [-0.15, -0.1) is 0 Å². The molecule has 3 aliphatic rings. The summed E-state index contributed by atoms with van der Waals surface area (Å²) in [5, 5.41) is 3.89. The van der Waals surface area contributed by atoms with E-state index in [2.05, 4.69) is 33.0 Å². The van der Waals surface area contributed by atoms with Crippen molar-refractivity contribution in [3.05, 3.63) is 0 Å². The number of rotatable bonds is 4. The van der Waals surface area contributed by atoms with Crippen LogP contribution in [0.3, 0.4) is 0 Å². The van der Waals surface area contributed by atoms with Crippen LogP contribution in [0.4, 0.5) is 0 Å². The van der Waals surface area contributed by atoms with Gasteiger partial charge >= 0.3 is 0 Å². The highest BCUT2D eigenvalue weighted by Crippen LogP contribution is 2.62. The molecule has 0 spiro atoms. The Bertz CT molecular complexity index is 401. The predicted molar refractivity (Wildman–Crippen MR) is 81.4 cm³/mol. The van der Waals surface area contributed by atoms with Crippen molar-refractivity contribution in [3.63, 3.8) is 0 Å². The summed E-state index contributed by atoms with van der Waals surface area (Å²) in [4.78, 5) is 13.8. The molecule has 1 heterocycles. The van der Waals surface area contributed by atoms with Crippen molar-refractivity contribution >= 4 is 5.91 Å². The lowest BCUT2D eigenvalue weighted by atomic mass is 9.68. The smallest absolute Gasteiger partial charge is 0.222 e. The lowest BCUT2D eigenvalue weighted by Crippen LogP contribution is -2.55. The van der Waals surface area contributed by atoms with E-state index < -0.39 is 0 Å². The number of carbonyl (C=O) groups is 1. The second-order valence-electron chi connectivity index (χ2n) is 8.36. The fourth-order valence-corrected chi connectivity index (χ4v) is 5.28. The fraction of sp³-hybridized carbons (Fsp3) is 0.941. The molecule has 3 nitrogen and oxygen atoms in total. The predicted octanol–water partition coefficient (Wildman–Crippen LogP) is 2.80. The SMILES string of the molecule is CC(CN1CCCC1=O)NC1C(C)(C)[C@H]2CC[C@]1(C)C2. The maximum absolute atomic E-state index is 11.8. The fourth-order valence-electron chi connectivity index (χ4n) is 5.28. The molecule has 2 saturated carbocycles. The maximum atomic E-state index is 11.8. The van der Waals surface area contributed by atoms with Gasteiger partial charge in [0.25, 0.3) is 0 Å². The third-order valence-electron chi connectivity index (χ3n) is 6.39. The van der Waals surface area contributed by atoms with Crippen LogP contribution in [0.5, 0.6) is 0 Å². The summed E-state index contributed by atoms with van der Waals surface area (Å²) >= 11 is 0. The monoisotopic (exact) mass is 278 g/mol. The van der Waals surface area contributed by atoms with Crippen LogP contribution in [0.2, 0.25) is 0 Å². The first-order valence-electron chi connectivity index (χ1n) is 8.37. The molecule has 3 heteroatoms. The van der Waals surface area contributed by atoms with Crippen LogP contribution >= 0.6 is 0 Å². The summed E-state index contributed by atoms with van der Waals surface area (Å²) in [7, 11) is 0. The summed E-state index contributed by atoms with van der Waals surface area (Å²) in [6, 6.07) is 0.999. The second kappa shape index (κ2) is 4.72. The first kappa shape index (κ1) is 14.4. The highest BCUT2D eigenvalue weighted by Gasteiger charge is 2.59. The van der Waals surface area contributed by atoms with E-state index in [0.29, 0.717) is 28.8 Å². The topological polar surface area (TPSA) is 32.3 Å². The van der Waals surface area contributed by atoms with Crippen molar-refractivity contribution in [1.29, 1.82) is 0 Å². The molecule has 20 heavy (non-hydrogen) atoms. The number of fused-ring (bicyclic) bond motifs is 2. The third-order valence-corrected chi connectivity index (χ3v) is 6.39. The highest BCUT2D eigenvalue weighted by atomic mass is 16.2. The van der Waals surface area contributed by atoms with E-state index in [4.69, 9.17) is 0 Å². The van der Waals surface area contributed by atoms with Crippen LogP contribution in [0, 0.1) is 16.7 Å². The normalized spacial score (nSPS) is 40.6. The van der Waals surface area contributed by atoms with Crippen molar-refractivity contribution in [1.82, 2.24) is 10.2 Å². The van der Waals surface area contributed by atoms with Gasteiger partial charge in [-0.25, -0.2) is 0 Å². The Morgan fingerprint density at radius 3 is 2.70 bits per heavy atom. The van der Waals surface area contributed by atoms with Crippen molar-refractivity contribution in [3.8, 4) is 0 Å². The van der Waals surface area contributed by atoms with Crippen LogP contribution in [-0.4, -0.2) is 36.0 Å². The number of nitrogens with zero attached hydrogens (tertiary/aromatic N) is 1. The number of likely N-dealkylation sites (tertiary alicyclic amines) is 1. The molecule has 0 aromatic rings. The van der Waals surface area contributed by atoms with Crippen LogP contribution < -0.4 is 5.32 Å². The van der Waals surface area contributed by atoms with Crippen molar-refractivity contribution in [2.24, 2.45) is 16.7 Å². The van der Waals surface area contributed by atoms with E-state index in [0.717, 1.165) is 31.8 Å². The van der Waals surface area contributed by atoms with Crippen molar-refractivity contribution < 1.29 is 4.79 Å². The minimum atomic E-state index is 0.345. The minimum Gasteiger partial charge on any atom is -0.341 e. The Morgan fingerprint density at radius 1 is 1.40 bits per heavy atom. The zero-order chi connectivity index (χ0) is 14.5. The summed E-state index contributed by atoms with van der Waals surface area (Å²) in [6.45, 7) is 11.4. The highest BCUT2D eigenvalue weighted by molar-refractivity contribution is 5.78. The molecule has 2 bridgehead atoms. The van der Waals surface area contributed by atoms with E-state index in [1.165, 1.54) is 19.3 Å². The Hall–Kier alpha value is -0.570. The van der Waals surface area contributed by atoms with Gasteiger partial charge in [-0.2, -0.15) is 0 Å². The molecule has 2 unspecified atom stereocenters. The van der Waals surface area contributed by atoms with E-state index in [1.807, 2.05) is 4.90 Å². The standard InChI is InChI=1S/C17H30N2O/c1-12(11-19-9-5-6-14(19)20)18-15-16(2,3)13-7-8-17(15,4)10-13/h12-13,15,18H,5-11H2,1-4H3/t12?,13-,15?,17+/m0/s1. The van der Waals surface area contributed by atoms with E-state index in [9.17, 15) is 4.79 Å². The van der Waals surface area contributed by atoms with Gasteiger partial charge in [0.1, 0.15) is 0 Å². The van der Waals surface area contributed by atoms with Crippen LogP contribution in [0.1, 0.15) is 59.8 Å². The molecule has 2 aliphatic carbocycles. The minimum absolute atomic E-state index is 0.345. The molecule has 1 N–H and O–H groups in total. The van der Waals surface area contributed by atoms with E-state index in [1.54, 1.807) is 0 Å². The number of hydrogen-bond acceptors (Lipinski definition) is 2. The lowest BCUT2D eigenvalue weighted by Gasteiger charge is -2.45. The van der Waals surface area contributed by atoms with Gasteiger partial charge in [0.05, 0.1) is 0 Å². The van der Waals surface area contributed by atoms with Gasteiger partial charge in [-0.3, -0.25) is 4.79 Å². The largest absolute Gasteiger partial charge is 0.341 e. The Kier molecular flexibility index (Phi) is 3.39. The molecule has 3 rings (SSSR count).